The van der Waals surface area contributed by atoms with Gasteiger partial charge in [-0.3, -0.25) is 4.68 Å². The Morgan fingerprint density at radius 1 is 1.20 bits per heavy atom. The smallest absolute Gasteiger partial charge is 0.0521 e. The molecule has 1 aromatic heterocycles. The summed E-state index contributed by atoms with van der Waals surface area (Å²) in [6.45, 7) is 7.36. The van der Waals surface area contributed by atoms with Crippen molar-refractivity contribution < 1.29 is 0 Å². The predicted octanol–water partition coefficient (Wildman–Crippen LogP) is 3.23. The maximum atomic E-state index is 4.43. The Kier molecular flexibility index (Phi) is 5.81. The second-order valence-corrected chi connectivity index (χ2v) is 5.23. The van der Waals surface area contributed by atoms with Crippen molar-refractivity contribution in [3.63, 3.8) is 0 Å². The molecular formula is C17H25N3. The molecule has 2 aromatic rings. The van der Waals surface area contributed by atoms with Gasteiger partial charge in [-0.1, -0.05) is 44.2 Å². The number of hydrogen-bond acceptors (Lipinski definition) is 2. The molecule has 1 N–H and O–H groups in total. The second-order valence-electron chi connectivity index (χ2n) is 5.23. The van der Waals surface area contributed by atoms with Crippen LogP contribution in [0.4, 0.5) is 0 Å². The highest BCUT2D eigenvalue weighted by Gasteiger charge is 2.12. The van der Waals surface area contributed by atoms with Gasteiger partial charge in [-0.25, -0.2) is 0 Å². The molecule has 0 spiro atoms. The van der Waals surface area contributed by atoms with E-state index in [2.05, 4.69) is 60.8 Å². The van der Waals surface area contributed by atoms with Crippen molar-refractivity contribution in [3.8, 4) is 0 Å². The Morgan fingerprint density at radius 3 is 2.70 bits per heavy atom. The molecule has 0 radical (unpaired) electrons. The van der Waals surface area contributed by atoms with Crippen molar-refractivity contribution in [3.05, 3.63) is 53.9 Å². The van der Waals surface area contributed by atoms with Gasteiger partial charge in [0, 0.05) is 25.2 Å². The fourth-order valence-electron chi connectivity index (χ4n) is 2.50. The second kappa shape index (κ2) is 7.85. The third-order valence-corrected chi connectivity index (χ3v) is 3.53. The summed E-state index contributed by atoms with van der Waals surface area (Å²) in [6.07, 6.45) is 6.37. The largest absolute Gasteiger partial charge is 0.316 e. The lowest BCUT2D eigenvalue weighted by Crippen LogP contribution is -2.22. The maximum Gasteiger partial charge on any atom is 0.0521 e. The van der Waals surface area contributed by atoms with Crippen LogP contribution < -0.4 is 5.32 Å². The maximum absolute atomic E-state index is 4.43. The average Bonchev–Trinajstić information content (AvgIpc) is 2.92. The molecule has 1 unspecified atom stereocenters. The van der Waals surface area contributed by atoms with E-state index in [1.807, 2.05) is 10.9 Å². The van der Waals surface area contributed by atoms with E-state index in [0.717, 1.165) is 32.5 Å². The molecule has 0 aliphatic heterocycles. The lowest BCUT2D eigenvalue weighted by molar-refractivity contribution is 0.589. The van der Waals surface area contributed by atoms with E-state index in [9.17, 15) is 0 Å². The number of likely N-dealkylation sites (N-methyl/N-ethyl adjacent to an activating group) is 1. The molecule has 1 atom stereocenters. The summed E-state index contributed by atoms with van der Waals surface area (Å²) in [6, 6.07) is 10.8. The summed E-state index contributed by atoms with van der Waals surface area (Å²) >= 11 is 0. The van der Waals surface area contributed by atoms with Gasteiger partial charge in [0.05, 0.1) is 6.20 Å². The highest BCUT2D eigenvalue weighted by Crippen LogP contribution is 2.20. The zero-order valence-electron chi connectivity index (χ0n) is 12.5. The van der Waals surface area contributed by atoms with Crippen LogP contribution >= 0.6 is 0 Å². The third-order valence-electron chi connectivity index (χ3n) is 3.53. The van der Waals surface area contributed by atoms with Gasteiger partial charge in [0.1, 0.15) is 0 Å². The van der Waals surface area contributed by atoms with E-state index in [4.69, 9.17) is 0 Å². The van der Waals surface area contributed by atoms with Crippen LogP contribution in [-0.2, 0) is 13.0 Å². The van der Waals surface area contributed by atoms with Gasteiger partial charge in [0.2, 0.25) is 0 Å². The van der Waals surface area contributed by atoms with Crippen LogP contribution in [-0.4, -0.2) is 22.9 Å². The third kappa shape index (κ3) is 4.20. The van der Waals surface area contributed by atoms with Gasteiger partial charge in [-0.2, -0.15) is 5.10 Å². The first kappa shape index (κ1) is 14.8. The van der Waals surface area contributed by atoms with Gasteiger partial charge in [-0.15, -0.1) is 0 Å². The number of benzene rings is 1. The van der Waals surface area contributed by atoms with Gasteiger partial charge in [-0.05, 0) is 30.5 Å². The number of aryl methyl sites for hydroxylation is 1. The van der Waals surface area contributed by atoms with E-state index in [1.165, 1.54) is 11.1 Å². The molecular weight excluding hydrogens is 246 g/mol. The minimum Gasteiger partial charge on any atom is -0.316 e. The van der Waals surface area contributed by atoms with Gasteiger partial charge in [0.15, 0.2) is 0 Å². The Morgan fingerprint density at radius 2 is 2.00 bits per heavy atom. The molecule has 0 aliphatic carbocycles. The molecule has 0 bridgehead atoms. The van der Waals surface area contributed by atoms with E-state index in [1.54, 1.807) is 0 Å². The minimum absolute atomic E-state index is 0.510. The summed E-state index contributed by atoms with van der Waals surface area (Å²) in [5.74, 6) is 0.510. The lowest BCUT2D eigenvalue weighted by Gasteiger charge is -2.17. The van der Waals surface area contributed by atoms with Crippen LogP contribution in [0.15, 0.2) is 42.7 Å². The zero-order chi connectivity index (χ0) is 14.2. The van der Waals surface area contributed by atoms with Crippen LogP contribution in [0.25, 0.3) is 0 Å². The summed E-state index contributed by atoms with van der Waals surface area (Å²) < 4.78 is 2.05. The van der Waals surface area contributed by atoms with Crippen molar-refractivity contribution in [2.75, 3.05) is 13.1 Å². The monoisotopic (exact) mass is 271 g/mol. The quantitative estimate of drug-likeness (QED) is 0.799. The molecule has 0 fully saturated rings. The molecule has 0 saturated heterocycles. The number of hydrogen-bond donors (Lipinski definition) is 1. The van der Waals surface area contributed by atoms with Crippen molar-refractivity contribution in [2.45, 2.75) is 39.2 Å². The van der Waals surface area contributed by atoms with Crippen LogP contribution in [0.1, 0.15) is 37.3 Å². The molecule has 3 nitrogen and oxygen atoms in total. The van der Waals surface area contributed by atoms with Crippen LogP contribution in [0, 0.1) is 0 Å². The fraction of sp³-hybridized carbons (Fsp3) is 0.471. The topological polar surface area (TPSA) is 29.9 Å². The standard InChI is InChI=1S/C17H25N3/c1-3-10-20-14-15(12-19-20)11-17(13-18-4-2)16-8-6-5-7-9-16/h5-9,12,14,17-18H,3-4,10-11,13H2,1-2H3. The van der Waals surface area contributed by atoms with Gasteiger partial charge < -0.3 is 5.32 Å². The molecule has 0 aliphatic rings. The molecule has 108 valence electrons. The highest BCUT2D eigenvalue weighted by molar-refractivity contribution is 5.22. The Balaban J connectivity index is 2.06. The van der Waals surface area contributed by atoms with Crippen molar-refractivity contribution in [2.24, 2.45) is 0 Å². The summed E-state index contributed by atoms with van der Waals surface area (Å²) in [7, 11) is 0. The molecule has 1 heterocycles. The van der Waals surface area contributed by atoms with Crippen molar-refractivity contribution >= 4 is 0 Å². The first-order chi connectivity index (χ1) is 9.83. The molecule has 3 heteroatoms. The van der Waals surface area contributed by atoms with Gasteiger partial charge in [0.25, 0.3) is 0 Å². The summed E-state index contributed by atoms with van der Waals surface area (Å²) in [4.78, 5) is 0. The van der Waals surface area contributed by atoms with Crippen LogP contribution in [0.5, 0.6) is 0 Å². The first-order valence-electron chi connectivity index (χ1n) is 7.60. The van der Waals surface area contributed by atoms with E-state index < -0.39 is 0 Å². The zero-order valence-corrected chi connectivity index (χ0v) is 12.5. The molecule has 1 aromatic carbocycles. The van der Waals surface area contributed by atoms with E-state index >= 15 is 0 Å². The minimum atomic E-state index is 0.510. The van der Waals surface area contributed by atoms with E-state index in [-0.39, 0.29) is 0 Å². The fourth-order valence-corrected chi connectivity index (χ4v) is 2.50. The Hall–Kier alpha value is -1.61. The van der Waals surface area contributed by atoms with Crippen molar-refractivity contribution in [1.82, 2.24) is 15.1 Å². The first-order valence-corrected chi connectivity index (χ1v) is 7.60. The number of aromatic nitrogens is 2. The Bertz CT molecular complexity index is 490. The van der Waals surface area contributed by atoms with Gasteiger partial charge >= 0.3 is 0 Å². The average molecular weight is 271 g/mol. The molecule has 0 amide bonds. The van der Waals surface area contributed by atoms with Crippen molar-refractivity contribution in [1.29, 1.82) is 0 Å². The lowest BCUT2D eigenvalue weighted by atomic mass is 9.93. The SMILES string of the molecule is CCCn1cc(CC(CNCC)c2ccccc2)cn1. The molecule has 20 heavy (non-hydrogen) atoms. The molecule has 0 saturated carbocycles. The normalized spacial score (nSPS) is 12.5. The predicted molar refractivity (Wildman–Crippen MR) is 83.9 cm³/mol. The summed E-state index contributed by atoms with van der Waals surface area (Å²) in [5, 5.41) is 7.90. The highest BCUT2D eigenvalue weighted by atomic mass is 15.3. The summed E-state index contributed by atoms with van der Waals surface area (Å²) in [5.41, 5.74) is 2.72. The number of nitrogens with one attached hydrogen (secondary N) is 1. The number of rotatable bonds is 8. The van der Waals surface area contributed by atoms with Crippen LogP contribution in [0.2, 0.25) is 0 Å². The molecule has 2 rings (SSSR count). The van der Waals surface area contributed by atoms with Crippen LogP contribution in [0.3, 0.4) is 0 Å². The number of nitrogens with zero attached hydrogens (tertiary/aromatic N) is 2. The Labute approximate surface area is 122 Å². The van der Waals surface area contributed by atoms with E-state index in [0.29, 0.717) is 5.92 Å².